The molecule has 1 N–H and O–H groups in total. The first-order chi connectivity index (χ1) is 14.6. The zero-order valence-electron chi connectivity index (χ0n) is 15.9. The Morgan fingerprint density at radius 1 is 1.20 bits per heavy atom. The summed E-state index contributed by atoms with van der Waals surface area (Å²) in [5.41, 5.74) is 1.03. The van der Waals surface area contributed by atoms with Crippen molar-refractivity contribution in [2.75, 3.05) is 18.4 Å². The summed E-state index contributed by atoms with van der Waals surface area (Å²) in [6, 6.07) is 11.1. The van der Waals surface area contributed by atoms with Gasteiger partial charge in [0.1, 0.15) is 11.4 Å². The molecule has 4 rings (SSSR count). The lowest BCUT2D eigenvalue weighted by atomic mass is 9.97. The zero-order valence-corrected chi connectivity index (χ0v) is 15.9. The van der Waals surface area contributed by atoms with Crippen LogP contribution in [-0.4, -0.2) is 45.8 Å². The first-order valence-corrected chi connectivity index (χ1v) is 9.44. The molecule has 1 aromatic carbocycles. The fourth-order valence-corrected chi connectivity index (χ4v) is 3.28. The summed E-state index contributed by atoms with van der Waals surface area (Å²) in [7, 11) is 0. The number of pyridine rings is 1. The number of hydrogen-bond acceptors (Lipinski definition) is 6. The molecular formula is C20H19F2N5O3. The predicted octanol–water partition coefficient (Wildman–Crippen LogP) is 4.14. The standard InChI is InChI=1S/C20H19F2N5O3/c21-19(22)29-15-5-3-4-14(12-15)24-20(28)27-10-7-13(8-11-27)18-25-17(26-30-18)16-6-1-2-9-23-16/h1-6,9,12-13,19H,7-8,10-11H2,(H,24,28). The SMILES string of the molecule is O=C(Nc1cccc(OC(F)F)c1)N1CCC(c2nc(-c3ccccn3)no2)CC1. The number of anilines is 1. The minimum Gasteiger partial charge on any atom is -0.435 e. The molecule has 2 aromatic heterocycles. The maximum atomic E-state index is 12.5. The molecule has 0 atom stereocenters. The van der Waals surface area contributed by atoms with Crippen LogP contribution in [0.4, 0.5) is 19.3 Å². The van der Waals surface area contributed by atoms with Crippen LogP contribution in [0.1, 0.15) is 24.7 Å². The van der Waals surface area contributed by atoms with Crippen LogP contribution in [0.2, 0.25) is 0 Å². The minimum atomic E-state index is -2.92. The number of halogens is 2. The van der Waals surface area contributed by atoms with Crippen molar-refractivity contribution in [3.63, 3.8) is 0 Å². The van der Waals surface area contributed by atoms with E-state index in [1.165, 1.54) is 18.2 Å². The summed E-state index contributed by atoms with van der Waals surface area (Å²) in [4.78, 5) is 22.8. The van der Waals surface area contributed by atoms with Gasteiger partial charge in [-0.25, -0.2) is 4.79 Å². The molecule has 0 spiro atoms. The Bertz CT molecular complexity index is 991. The number of rotatable bonds is 5. The van der Waals surface area contributed by atoms with Crippen LogP contribution < -0.4 is 10.1 Å². The molecule has 0 bridgehead atoms. The van der Waals surface area contributed by atoms with E-state index < -0.39 is 6.61 Å². The number of carbonyl (C=O) groups is 1. The third-order valence-electron chi connectivity index (χ3n) is 4.78. The normalized spacial score (nSPS) is 14.7. The van der Waals surface area contributed by atoms with E-state index in [0.717, 1.165) is 0 Å². The van der Waals surface area contributed by atoms with Crippen molar-refractivity contribution in [1.82, 2.24) is 20.0 Å². The maximum absolute atomic E-state index is 12.5. The van der Waals surface area contributed by atoms with Crippen LogP contribution >= 0.6 is 0 Å². The summed E-state index contributed by atoms with van der Waals surface area (Å²) in [5, 5.41) is 6.70. The smallest absolute Gasteiger partial charge is 0.387 e. The van der Waals surface area contributed by atoms with Crippen molar-refractivity contribution in [2.45, 2.75) is 25.4 Å². The third kappa shape index (κ3) is 4.70. The van der Waals surface area contributed by atoms with E-state index >= 15 is 0 Å². The highest BCUT2D eigenvalue weighted by atomic mass is 19.3. The number of nitrogens with one attached hydrogen (secondary N) is 1. The van der Waals surface area contributed by atoms with Crippen LogP contribution in [0.3, 0.4) is 0 Å². The van der Waals surface area contributed by atoms with Crippen LogP contribution in [0.25, 0.3) is 11.5 Å². The van der Waals surface area contributed by atoms with E-state index in [9.17, 15) is 13.6 Å². The van der Waals surface area contributed by atoms with Gasteiger partial charge in [-0.3, -0.25) is 4.98 Å². The Morgan fingerprint density at radius 2 is 2.03 bits per heavy atom. The fourth-order valence-electron chi connectivity index (χ4n) is 3.28. The van der Waals surface area contributed by atoms with E-state index in [-0.39, 0.29) is 17.7 Å². The zero-order chi connectivity index (χ0) is 20.9. The number of amides is 2. The Morgan fingerprint density at radius 3 is 2.77 bits per heavy atom. The van der Waals surface area contributed by atoms with Crippen molar-refractivity contribution in [3.05, 3.63) is 54.6 Å². The van der Waals surface area contributed by atoms with Crippen LogP contribution in [0.5, 0.6) is 5.75 Å². The molecule has 1 fully saturated rings. The number of aromatic nitrogens is 3. The number of ether oxygens (including phenoxy) is 1. The van der Waals surface area contributed by atoms with Crippen molar-refractivity contribution in [2.24, 2.45) is 0 Å². The molecule has 1 saturated heterocycles. The molecule has 3 heterocycles. The maximum Gasteiger partial charge on any atom is 0.387 e. The van der Waals surface area contributed by atoms with Crippen molar-refractivity contribution in [3.8, 4) is 17.3 Å². The molecule has 1 aliphatic heterocycles. The molecule has 8 nitrogen and oxygen atoms in total. The van der Waals surface area contributed by atoms with Gasteiger partial charge in [-0.15, -0.1) is 0 Å². The molecule has 0 saturated carbocycles. The second-order valence-corrected chi connectivity index (χ2v) is 6.77. The molecule has 10 heteroatoms. The van der Waals surface area contributed by atoms with Gasteiger partial charge in [0.05, 0.1) is 0 Å². The molecule has 0 radical (unpaired) electrons. The summed E-state index contributed by atoms with van der Waals surface area (Å²) >= 11 is 0. The lowest BCUT2D eigenvalue weighted by Crippen LogP contribution is -2.40. The Kier molecular flexibility index (Phi) is 5.82. The van der Waals surface area contributed by atoms with E-state index in [4.69, 9.17) is 4.52 Å². The molecule has 2 amide bonds. The number of urea groups is 1. The minimum absolute atomic E-state index is 0.0124. The third-order valence-corrected chi connectivity index (χ3v) is 4.78. The summed E-state index contributed by atoms with van der Waals surface area (Å²) in [6.45, 7) is -1.91. The number of benzene rings is 1. The van der Waals surface area contributed by atoms with Crippen LogP contribution in [0, 0.1) is 0 Å². The topological polar surface area (TPSA) is 93.4 Å². The van der Waals surface area contributed by atoms with E-state index in [0.29, 0.717) is 49.0 Å². The molecule has 0 aliphatic carbocycles. The van der Waals surface area contributed by atoms with Gasteiger partial charge in [-0.1, -0.05) is 17.3 Å². The van der Waals surface area contributed by atoms with Gasteiger partial charge < -0.3 is 19.5 Å². The van der Waals surface area contributed by atoms with E-state index in [2.05, 4.69) is 25.2 Å². The quantitative estimate of drug-likeness (QED) is 0.673. The highest BCUT2D eigenvalue weighted by molar-refractivity contribution is 5.89. The summed E-state index contributed by atoms with van der Waals surface area (Å²) in [6.07, 6.45) is 3.01. The van der Waals surface area contributed by atoms with Gasteiger partial charge in [0.25, 0.3) is 0 Å². The number of hydrogen-bond donors (Lipinski definition) is 1. The lowest BCUT2D eigenvalue weighted by Gasteiger charge is -2.30. The number of carbonyl (C=O) groups excluding carboxylic acids is 1. The average Bonchev–Trinajstić information content (AvgIpc) is 3.25. The van der Waals surface area contributed by atoms with Crippen molar-refractivity contribution < 1.29 is 22.8 Å². The predicted molar refractivity (Wildman–Crippen MR) is 103 cm³/mol. The molecular weight excluding hydrogens is 396 g/mol. The second-order valence-electron chi connectivity index (χ2n) is 6.77. The van der Waals surface area contributed by atoms with Gasteiger partial charge in [0.2, 0.25) is 11.7 Å². The largest absolute Gasteiger partial charge is 0.435 e. The highest BCUT2D eigenvalue weighted by Gasteiger charge is 2.28. The highest BCUT2D eigenvalue weighted by Crippen LogP contribution is 2.28. The molecule has 156 valence electrons. The average molecular weight is 415 g/mol. The molecule has 30 heavy (non-hydrogen) atoms. The van der Waals surface area contributed by atoms with Gasteiger partial charge in [0, 0.05) is 37.0 Å². The Hall–Kier alpha value is -3.56. The van der Waals surface area contributed by atoms with Crippen molar-refractivity contribution in [1.29, 1.82) is 0 Å². The lowest BCUT2D eigenvalue weighted by molar-refractivity contribution is -0.0498. The Balaban J connectivity index is 1.32. The first kappa shape index (κ1) is 19.7. The molecule has 1 aliphatic rings. The molecule has 0 unspecified atom stereocenters. The first-order valence-electron chi connectivity index (χ1n) is 9.44. The summed E-state index contributed by atoms with van der Waals surface area (Å²) in [5.74, 6) is 1.02. The van der Waals surface area contributed by atoms with Gasteiger partial charge in [-0.2, -0.15) is 13.8 Å². The van der Waals surface area contributed by atoms with Crippen molar-refractivity contribution >= 4 is 11.7 Å². The fraction of sp³-hybridized carbons (Fsp3) is 0.300. The number of piperidine rings is 1. The van der Waals surface area contributed by atoms with Gasteiger partial charge in [-0.05, 0) is 37.1 Å². The van der Waals surface area contributed by atoms with Gasteiger partial charge in [0.15, 0.2) is 0 Å². The van der Waals surface area contributed by atoms with Gasteiger partial charge >= 0.3 is 12.6 Å². The monoisotopic (exact) mass is 415 g/mol. The van der Waals surface area contributed by atoms with Crippen LogP contribution in [-0.2, 0) is 0 Å². The Labute approximate surface area is 170 Å². The number of likely N-dealkylation sites (tertiary alicyclic amines) is 1. The number of nitrogens with zero attached hydrogens (tertiary/aromatic N) is 4. The second kappa shape index (κ2) is 8.85. The van der Waals surface area contributed by atoms with E-state index in [1.54, 1.807) is 17.2 Å². The number of alkyl halides is 2. The summed E-state index contributed by atoms with van der Waals surface area (Å²) < 4.78 is 34.4. The van der Waals surface area contributed by atoms with E-state index in [1.807, 2.05) is 18.2 Å². The molecule has 3 aromatic rings. The van der Waals surface area contributed by atoms with Crippen LogP contribution in [0.15, 0.2) is 53.2 Å².